The quantitative estimate of drug-likeness (QED) is 0.878. The van der Waals surface area contributed by atoms with Crippen molar-refractivity contribution in [3.8, 4) is 0 Å². The summed E-state index contributed by atoms with van der Waals surface area (Å²) in [5, 5.41) is 10.7. The van der Waals surface area contributed by atoms with E-state index in [1.165, 1.54) is 0 Å². The van der Waals surface area contributed by atoms with Crippen LogP contribution in [0.15, 0.2) is 36.1 Å². The first kappa shape index (κ1) is 11.5. The molecule has 0 radical (unpaired) electrons. The summed E-state index contributed by atoms with van der Waals surface area (Å²) in [4.78, 5) is 0. The number of rotatable bonds is 3. The molecular formula is C13H15ClO2. The highest BCUT2D eigenvalue weighted by atomic mass is 35.5. The summed E-state index contributed by atoms with van der Waals surface area (Å²) in [7, 11) is 0. The minimum Gasteiger partial charge on any atom is -0.501 e. The Morgan fingerprint density at radius 1 is 1.31 bits per heavy atom. The second-order valence-corrected chi connectivity index (χ2v) is 4.45. The van der Waals surface area contributed by atoms with Crippen molar-refractivity contribution in [3.05, 3.63) is 46.7 Å². The molecule has 1 aliphatic rings. The van der Waals surface area contributed by atoms with E-state index < -0.39 is 6.10 Å². The lowest BCUT2D eigenvalue weighted by Gasteiger charge is -2.18. The maximum atomic E-state index is 10.0. The van der Waals surface area contributed by atoms with Gasteiger partial charge in [-0.1, -0.05) is 23.7 Å². The summed E-state index contributed by atoms with van der Waals surface area (Å²) in [5.41, 5.74) is 2.07. The van der Waals surface area contributed by atoms with Crippen LogP contribution in [-0.4, -0.2) is 17.8 Å². The standard InChI is InChI=1S/C13H15ClO2/c14-12-5-3-10(4-6-12)8-13(15)11-2-1-7-16-9-11/h3-6,9,13,15H,1-2,7-8H2. The zero-order valence-electron chi connectivity index (χ0n) is 9.03. The van der Waals surface area contributed by atoms with Gasteiger partial charge in [0, 0.05) is 11.4 Å². The van der Waals surface area contributed by atoms with Crippen LogP contribution in [0.25, 0.3) is 0 Å². The minimum atomic E-state index is -0.443. The van der Waals surface area contributed by atoms with Crippen LogP contribution < -0.4 is 0 Å². The van der Waals surface area contributed by atoms with Gasteiger partial charge in [-0.2, -0.15) is 0 Å². The molecule has 3 heteroatoms. The molecule has 1 aromatic carbocycles. The van der Waals surface area contributed by atoms with E-state index in [-0.39, 0.29) is 0 Å². The lowest BCUT2D eigenvalue weighted by atomic mass is 9.98. The molecule has 1 unspecified atom stereocenters. The average Bonchev–Trinajstić information content (AvgIpc) is 2.33. The fourth-order valence-electron chi connectivity index (χ4n) is 1.80. The Morgan fingerprint density at radius 3 is 2.69 bits per heavy atom. The molecule has 1 aromatic rings. The second-order valence-electron chi connectivity index (χ2n) is 4.01. The third-order valence-electron chi connectivity index (χ3n) is 2.73. The van der Waals surface area contributed by atoms with Crippen LogP contribution in [0.4, 0.5) is 0 Å². The van der Waals surface area contributed by atoms with Gasteiger partial charge in [0.05, 0.1) is 19.0 Å². The van der Waals surface area contributed by atoms with Crippen molar-refractivity contribution >= 4 is 11.6 Å². The molecule has 0 saturated carbocycles. The number of hydrogen-bond acceptors (Lipinski definition) is 2. The van der Waals surface area contributed by atoms with Crippen molar-refractivity contribution in [1.29, 1.82) is 0 Å². The van der Waals surface area contributed by atoms with Crippen LogP contribution >= 0.6 is 11.6 Å². The highest BCUT2D eigenvalue weighted by Gasteiger charge is 2.14. The molecule has 0 aromatic heterocycles. The van der Waals surface area contributed by atoms with E-state index in [1.807, 2.05) is 24.3 Å². The molecule has 2 nitrogen and oxygen atoms in total. The fraction of sp³-hybridized carbons (Fsp3) is 0.385. The van der Waals surface area contributed by atoms with Crippen LogP contribution in [0.3, 0.4) is 0 Å². The summed E-state index contributed by atoms with van der Waals surface area (Å²) in [5.74, 6) is 0. The summed E-state index contributed by atoms with van der Waals surface area (Å²) < 4.78 is 5.22. The zero-order valence-corrected chi connectivity index (χ0v) is 9.78. The molecule has 16 heavy (non-hydrogen) atoms. The lowest BCUT2D eigenvalue weighted by Crippen LogP contribution is -2.17. The van der Waals surface area contributed by atoms with Gasteiger partial charge in [-0.3, -0.25) is 0 Å². The third-order valence-corrected chi connectivity index (χ3v) is 2.98. The third kappa shape index (κ3) is 3.00. The van der Waals surface area contributed by atoms with Crippen LogP contribution in [0, 0.1) is 0 Å². The molecule has 0 amide bonds. The van der Waals surface area contributed by atoms with Gasteiger partial charge in [0.1, 0.15) is 0 Å². The molecule has 1 N–H and O–H groups in total. The van der Waals surface area contributed by atoms with E-state index >= 15 is 0 Å². The van der Waals surface area contributed by atoms with Crippen molar-refractivity contribution < 1.29 is 9.84 Å². The molecule has 0 fully saturated rings. The van der Waals surface area contributed by atoms with E-state index in [9.17, 15) is 5.11 Å². The Bertz CT molecular complexity index is 370. The van der Waals surface area contributed by atoms with Crippen molar-refractivity contribution in [1.82, 2.24) is 0 Å². The van der Waals surface area contributed by atoms with Gasteiger partial charge in [0.25, 0.3) is 0 Å². The number of benzene rings is 1. The Hall–Kier alpha value is -0.990. The van der Waals surface area contributed by atoms with E-state index in [1.54, 1.807) is 6.26 Å². The molecular weight excluding hydrogens is 224 g/mol. The van der Waals surface area contributed by atoms with Crippen LogP contribution in [0.2, 0.25) is 5.02 Å². The average molecular weight is 239 g/mol. The maximum Gasteiger partial charge on any atom is 0.0876 e. The number of aliphatic hydroxyl groups excluding tert-OH is 1. The summed E-state index contributed by atoms with van der Waals surface area (Å²) in [6, 6.07) is 7.57. The van der Waals surface area contributed by atoms with Crippen molar-refractivity contribution in [2.75, 3.05) is 6.61 Å². The largest absolute Gasteiger partial charge is 0.501 e. The molecule has 0 spiro atoms. The van der Waals surface area contributed by atoms with E-state index in [4.69, 9.17) is 16.3 Å². The van der Waals surface area contributed by atoms with Crippen molar-refractivity contribution in [3.63, 3.8) is 0 Å². The number of halogens is 1. The predicted octanol–water partition coefficient (Wildman–Crippen LogP) is 2.94. The molecule has 0 saturated heterocycles. The topological polar surface area (TPSA) is 29.5 Å². The predicted molar refractivity (Wildman–Crippen MR) is 64.4 cm³/mol. The highest BCUT2D eigenvalue weighted by molar-refractivity contribution is 6.30. The minimum absolute atomic E-state index is 0.443. The van der Waals surface area contributed by atoms with E-state index in [0.29, 0.717) is 6.42 Å². The van der Waals surface area contributed by atoms with E-state index in [0.717, 1.165) is 35.6 Å². The highest BCUT2D eigenvalue weighted by Crippen LogP contribution is 2.19. The summed E-state index contributed by atoms with van der Waals surface area (Å²) in [6.07, 6.45) is 3.79. The molecule has 2 rings (SSSR count). The normalized spacial score (nSPS) is 17.5. The molecule has 1 aliphatic heterocycles. The van der Waals surface area contributed by atoms with Gasteiger partial charge in [0.2, 0.25) is 0 Å². The van der Waals surface area contributed by atoms with Gasteiger partial charge < -0.3 is 9.84 Å². The number of hydrogen-bond donors (Lipinski definition) is 1. The van der Waals surface area contributed by atoms with Crippen LogP contribution in [-0.2, 0) is 11.2 Å². The molecule has 0 bridgehead atoms. The maximum absolute atomic E-state index is 10.0. The first-order valence-electron chi connectivity index (χ1n) is 5.49. The molecule has 86 valence electrons. The van der Waals surface area contributed by atoms with Crippen LogP contribution in [0.1, 0.15) is 18.4 Å². The van der Waals surface area contributed by atoms with Gasteiger partial charge in [-0.15, -0.1) is 0 Å². The summed E-state index contributed by atoms with van der Waals surface area (Å²) >= 11 is 5.80. The fourth-order valence-corrected chi connectivity index (χ4v) is 1.93. The van der Waals surface area contributed by atoms with Gasteiger partial charge in [-0.05, 0) is 36.1 Å². The smallest absolute Gasteiger partial charge is 0.0876 e. The Balaban J connectivity index is 1.98. The van der Waals surface area contributed by atoms with Crippen LogP contribution in [0.5, 0.6) is 0 Å². The van der Waals surface area contributed by atoms with Crippen molar-refractivity contribution in [2.24, 2.45) is 0 Å². The number of aliphatic hydroxyl groups is 1. The molecule has 1 heterocycles. The summed E-state index contributed by atoms with van der Waals surface area (Å²) in [6.45, 7) is 0.761. The second kappa shape index (κ2) is 5.37. The monoisotopic (exact) mass is 238 g/mol. The first-order chi connectivity index (χ1) is 7.75. The Kier molecular flexibility index (Phi) is 3.86. The Labute approximate surface area is 101 Å². The Morgan fingerprint density at radius 2 is 2.06 bits per heavy atom. The first-order valence-corrected chi connectivity index (χ1v) is 5.86. The molecule has 1 atom stereocenters. The lowest BCUT2D eigenvalue weighted by molar-refractivity contribution is 0.169. The van der Waals surface area contributed by atoms with E-state index in [2.05, 4.69) is 0 Å². The zero-order chi connectivity index (χ0) is 11.4. The molecule has 0 aliphatic carbocycles. The van der Waals surface area contributed by atoms with Gasteiger partial charge in [0.15, 0.2) is 0 Å². The van der Waals surface area contributed by atoms with Crippen molar-refractivity contribution in [2.45, 2.75) is 25.4 Å². The number of ether oxygens (including phenoxy) is 1. The SMILES string of the molecule is OC(Cc1ccc(Cl)cc1)C1=COCCC1. The van der Waals surface area contributed by atoms with Gasteiger partial charge in [-0.25, -0.2) is 0 Å². The van der Waals surface area contributed by atoms with Gasteiger partial charge >= 0.3 is 0 Å².